The maximum atomic E-state index is 4.38. The molecule has 0 saturated carbocycles. The zero-order valence-corrected chi connectivity index (χ0v) is 15.0. The molecule has 0 aliphatic carbocycles. The topological polar surface area (TPSA) is 49.4 Å². The molecule has 3 aromatic rings. The Morgan fingerprint density at radius 2 is 1.17 bits per heavy atom. The van der Waals surface area contributed by atoms with E-state index in [0.717, 1.165) is 20.5 Å². The summed E-state index contributed by atoms with van der Waals surface area (Å²) in [4.78, 5) is 0. The SMILES string of the molecule is Ic1cccc(C(N=Nc2ccccc2)N=Nc2ccccc2)c1. The third kappa shape index (κ3) is 4.79. The predicted octanol–water partition coefficient (Wildman–Crippen LogP) is 6.86. The van der Waals surface area contributed by atoms with Crippen molar-refractivity contribution in [3.05, 3.63) is 94.1 Å². The molecule has 0 unspecified atom stereocenters. The molecule has 0 aliphatic heterocycles. The van der Waals surface area contributed by atoms with Gasteiger partial charge in [-0.2, -0.15) is 20.5 Å². The van der Waals surface area contributed by atoms with Gasteiger partial charge in [-0.15, -0.1) is 0 Å². The molecule has 0 fully saturated rings. The molecule has 0 aliphatic rings. The summed E-state index contributed by atoms with van der Waals surface area (Å²) in [5, 5.41) is 17.4. The van der Waals surface area contributed by atoms with Crippen LogP contribution in [-0.2, 0) is 0 Å². The van der Waals surface area contributed by atoms with E-state index in [9.17, 15) is 0 Å². The maximum Gasteiger partial charge on any atom is 0.206 e. The van der Waals surface area contributed by atoms with Crippen LogP contribution in [0.4, 0.5) is 11.4 Å². The summed E-state index contributed by atoms with van der Waals surface area (Å²) in [6, 6.07) is 27.3. The minimum absolute atomic E-state index is 0.472. The molecule has 0 atom stereocenters. The molecule has 0 bridgehead atoms. The fraction of sp³-hybridized carbons (Fsp3) is 0.0526. The molecular formula is C19H15IN4. The Morgan fingerprint density at radius 1 is 0.625 bits per heavy atom. The first kappa shape index (κ1) is 16.4. The molecule has 0 aromatic heterocycles. The summed E-state index contributed by atoms with van der Waals surface area (Å²) in [5.41, 5.74) is 2.55. The van der Waals surface area contributed by atoms with Crippen LogP contribution in [-0.4, -0.2) is 0 Å². The van der Waals surface area contributed by atoms with Crippen LogP contribution in [0.25, 0.3) is 0 Å². The van der Waals surface area contributed by atoms with Gasteiger partial charge in [0.2, 0.25) is 6.17 Å². The second-order valence-corrected chi connectivity index (χ2v) is 6.28. The fourth-order valence-electron chi connectivity index (χ4n) is 2.06. The van der Waals surface area contributed by atoms with Crippen molar-refractivity contribution in [1.82, 2.24) is 0 Å². The number of rotatable bonds is 5. The summed E-state index contributed by atoms with van der Waals surface area (Å²) in [6.07, 6.45) is -0.472. The molecule has 0 heterocycles. The normalized spacial score (nSPS) is 12.7. The van der Waals surface area contributed by atoms with E-state index in [2.05, 4.69) is 43.0 Å². The molecule has 24 heavy (non-hydrogen) atoms. The number of benzene rings is 3. The van der Waals surface area contributed by atoms with Crippen molar-refractivity contribution >= 4 is 34.0 Å². The lowest BCUT2D eigenvalue weighted by atomic mass is 10.2. The molecule has 118 valence electrons. The second kappa shape index (κ2) is 8.44. The standard InChI is InChI=1S/C19H15IN4/c20-16-9-7-8-15(14-16)19(23-21-17-10-3-1-4-11-17)24-22-18-12-5-2-6-13-18/h1-14,19H. The van der Waals surface area contributed by atoms with E-state index in [0.29, 0.717) is 0 Å². The van der Waals surface area contributed by atoms with Crippen molar-refractivity contribution in [2.24, 2.45) is 20.5 Å². The largest absolute Gasteiger partial charge is 0.206 e. The number of nitrogens with zero attached hydrogens (tertiary/aromatic N) is 4. The van der Waals surface area contributed by atoms with E-state index < -0.39 is 6.17 Å². The molecule has 3 aromatic carbocycles. The summed E-state index contributed by atoms with van der Waals surface area (Å²) >= 11 is 2.27. The van der Waals surface area contributed by atoms with Crippen molar-refractivity contribution in [2.45, 2.75) is 6.17 Å². The van der Waals surface area contributed by atoms with Crippen LogP contribution in [0.2, 0.25) is 0 Å². The van der Waals surface area contributed by atoms with E-state index in [1.54, 1.807) is 0 Å². The number of hydrogen-bond donors (Lipinski definition) is 0. The van der Waals surface area contributed by atoms with Crippen molar-refractivity contribution < 1.29 is 0 Å². The minimum atomic E-state index is -0.472. The molecule has 0 amide bonds. The lowest BCUT2D eigenvalue weighted by Gasteiger charge is -2.06. The first-order chi connectivity index (χ1) is 11.8. The van der Waals surface area contributed by atoms with Gasteiger partial charge in [-0.25, -0.2) is 0 Å². The van der Waals surface area contributed by atoms with E-state index in [-0.39, 0.29) is 0 Å². The van der Waals surface area contributed by atoms with Crippen LogP contribution in [0.5, 0.6) is 0 Å². The first-order valence-corrected chi connectivity index (χ1v) is 8.56. The van der Waals surface area contributed by atoms with Crippen LogP contribution in [0, 0.1) is 3.57 Å². The third-order valence-corrected chi connectivity index (χ3v) is 3.90. The Bertz CT molecular complexity index is 783. The second-order valence-electron chi connectivity index (χ2n) is 5.03. The lowest BCUT2D eigenvalue weighted by molar-refractivity contribution is 0.689. The van der Waals surface area contributed by atoms with Gasteiger partial charge in [-0.05, 0) is 59.0 Å². The van der Waals surface area contributed by atoms with Gasteiger partial charge in [0.05, 0.1) is 11.4 Å². The van der Waals surface area contributed by atoms with Crippen LogP contribution < -0.4 is 0 Å². The Labute approximate surface area is 154 Å². The number of azo groups is 2. The Kier molecular flexibility index (Phi) is 5.79. The minimum Gasteiger partial charge on any atom is -0.154 e. The molecule has 0 radical (unpaired) electrons. The highest BCUT2D eigenvalue weighted by Crippen LogP contribution is 2.25. The quantitative estimate of drug-likeness (QED) is 0.316. The van der Waals surface area contributed by atoms with E-state index in [1.807, 2.05) is 84.9 Å². The monoisotopic (exact) mass is 426 g/mol. The van der Waals surface area contributed by atoms with Crippen LogP contribution in [0.3, 0.4) is 0 Å². The lowest BCUT2D eigenvalue weighted by Crippen LogP contribution is -1.91. The van der Waals surface area contributed by atoms with Crippen LogP contribution in [0.1, 0.15) is 11.7 Å². The Hall–Kier alpha value is -2.41. The van der Waals surface area contributed by atoms with Gasteiger partial charge >= 0.3 is 0 Å². The molecule has 4 nitrogen and oxygen atoms in total. The summed E-state index contributed by atoms with van der Waals surface area (Å²) in [6.45, 7) is 0. The van der Waals surface area contributed by atoms with Crippen molar-refractivity contribution in [3.8, 4) is 0 Å². The average Bonchev–Trinajstić information content (AvgIpc) is 2.63. The van der Waals surface area contributed by atoms with Crippen LogP contribution >= 0.6 is 22.6 Å². The first-order valence-electron chi connectivity index (χ1n) is 7.48. The average molecular weight is 426 g/mol. The van der Waals surface area contributed by atoms with E-state index >= 15 is 0 Å². The van der Waals surface area contributed by atoms with Crippen molar-refractivity contribution in [2.75, 3.05) is 0 Å². The zero-order chi connectivity index (χ0) is 16.6. The summed E-state index contributed by atoms with van der Waals surface area (Å²) in [5.74, 6) is 0. The Morgan fingerprint density at radius 3 is 1.67 bits per heavy atom. The molecule has 0 spiro atoms. The number of hydrogen-bond acceptors (Lipinski definition) is 4. The maximum absolute atomic E-state index is 4.38. The van der Waals surface area contributed by atoms with Gasteiger partial charge in [0, 0.05) is 9.13 Å². The molecule has 3 rings (SSSR count). The highest BCUT2D eigenvalue weighted by atomic mass is 127. The summed E-state index contributed by atoms with van der Waals surface area (Å²) in [7, 11) is 0. The van der Waals surface area contributed by atoms with Gasteiger partial charge in [0.15, 0.2) is 0 Å². The highest BCUT2D eigenvalue weighted by Gasteiger charge is 2.09. The number of halogens is 1. The fourth-order valence-corrected chi connectivity index (χ4v) is 2.62. The van der Waals surface area contributed by atoms with Crippen LogP contribution in [0.15, 0.2) is 105 Å². The van der Waals surface area contributed by atoms with E-state index in [1.165, 1.54) is 0 Å². The molecular weight excluding hydrogens is 411 g/mol. The molecule has 5 heteroatoms. The van der Waals surface area contributed by atoms with E-state index in [4.69, 9.17) is 0 Å². The summed E-state index contributed by atoms with van der Waals surface area (Å²) < 4.78 is 1.12. The predicted molar refractivity (Wildman–Crippen MR) is 104 cm³/mol. The van der Waals surface area contributed by atoms with Gasteiger partial charge in [-0.1, -0.05) is 48.5 Å². The Balaban J connectivity index is 1.89. The van der Waals surface area contributed by atoms with Gasteiger partial charge in [0.25, 0.3) is 0 Å². The van der Waals surface area contributed by atoms with Gasteiger partial charge in [0.1, 0.15) is 0 Å². The van der Waals surface area contributed by atoms with Crippen molar-refractivity contribution in [1.29, 1.82) is 0 Å². The van der Waals surface area contributed by atoms with Gasteiger partial charge in [-0.3, -0.25) is 0 Å². The zero-order valence-electron chi connectivity index (χ0n) is 12.8. The molecule has 0 saturated heterocycles. The van der Waals surface area contributed by atoms with Gasteiger partial charge < -0.3 is 0 Å². The van der Waals surface area contributed by atoms with Crippen molar-refractivity contribution in [3.63, 3.8) is 0 Å². The highest BCUT2D eigenvalue weighted by molar-refractivity contribution is 14.1. The smallest absolute Gasteiger partial charge is 0.154 e. The molecule has 0 N–H and O–H groups in total. The third-order valence-electron chi connectivity index (χ3n) is 3.22.